The number of alkyl halides is 3. The number of rotatable bonds is 5. The number of amides is 1. The maximum Gasteiger partial charge on any atom is 0.409 e. The number of nitrogens with one attached hydrogen (secondary N) is 1. The summed E-state index contributed by atoms with van der Waals surface area (Å²) < 4.78 is 48.1. The molecule has 7 heteroatoms. The van der Waals surface area contributed by atoms with Gasteiger partial charge in [-0.05, 0) is 36.8 Å². The zero-order chi connectivity index (χ0) is 20.7. The minimum Gasteiger partial charge on any atom is -0.493 e. The van der Waals surface area contributed by atoms with E-state index in [2.05, 4.69) is 5.43 Å². The Morgan fingerprint density at radius 2 is 1.79 bits per heavy atom. The zero-order valence-electron chi connectivity index (χ0n) is 16.4. The summed E-state index contributed by atoms with van der Waals surface area (Å²) in [5, 5.41) is 2.09. The summed E-state index contributed by atoms with van der Waals surface area (Å²) in [7, 11) is 0. The Morgan fingerprint density at radius 3 is 2.36 bits per heavy atom. The molecule has 0 aliphatic carbocycles. The SMILES string of the molecule is CC(C)COc1cccc2c(C(N3CC(C)(C)C(=O)N3)C(F)(F)F)cccc12. The number of fused-ring (bicyclic) bond motifs is 1. The third kappa shape index (κ3) is 3.94. The molecule has 1 unspecified atom stereocenters. The topological polar surface area (TPSA) is 41.6 Å². The lowest BCUT2D eigenvalue weighted by Gasteiger charge is -2.30. The molecular weight excluding hydrogens is 369 g/mol. The van der Waals surface area contributed by atoms with E-state index in [1.54, 1.807) is 44.2 Å². The largest absolute Gasteiger partial charge is 0.493 e. The second-order valence-corrected chi connectivity index (χ2v) is 8.30. The Hall–Kier alpha value is -2.28. The highest BCUT2D eigenvalue weighted by molar-refractivity contribution is 5.91. The van der Waals surface area contributed by atoms with Gasteiger partial charge in [-0.3, -0.25) is 10.2 Å². The van der Waals surface area contributed by atoms with Crippen molar-refractivity contribution >= 4 is 16.7 Å². The predicted octanol–water partition coefficient (Wildman–Crippen LogP) is 4.85. The highest BCUT2D eigenvalue weighted by Gasteiger charge is 2.51. The highest BCUT2D eigenvalue weighted by atomic mass is 19.4. The van der Waals surface area contributed by atoms with E-state index >= 15 is 0 Å². The standard InChI is InChI=1S/C21H25F3N2O2/c1-13(2)11-28-17-10-6-7-14-15(17)8-5-9-16(14)18(21(22,23)24)26-12-20(3,4)19(27)25-26/h5-10,13,18H,11-12H2,1-4H3,(H,25,27). The normalized spacial score (nSPS) is 18.5. The first-order valence-electron chi connectivity index (χ1n) is 9.29. The van der Waals surface area contributed by atoms with Crippen molar-refractivity contribution in [3.63, 3.8) is 0 Å². The van der Waals surface area contributed by atoms with Crippen molar-refractivity contribution in [2.45, 2.75) is 39.9 Å². The molecule has 28 heavy (non-hydrogen) atoms. The van der Waals surface area contributed by atoms with E-state index in [9.17, 15) is 18.0 Å². The highest BCUT2D eigenvalue weighted by Crippen LogP contribution is 2.43. The van der Waals surface area contributed by atoms with Crippen molar-refractivity contribution in [3.05, 3.63) is 42.0 Å². The van der Waals surface area contributed by atoms with E-state index < -0.39 is 23.5 Å². The molecule has 0 saturated carbocycles. The van der Waals surface area contributed by atoms with Gasteiger partial charge in [0.2, 0.25) is 5.91 Å². The van der Waals surface area contributed by atoms with Crippen molar-refractivity contribution in [2.75, 3.05) is 13.2 Å². The second-order valence-electron chi connectivity index (χ2n) is 8.30. The van der Waals surface area contributed by atoms with Crippen LogP contribution in [0.5, 0.6) is 5.75 Å². The van der Waals surface area contributed by atoms with E-state index in [0.29, 0.717) is 29.0 Å². The Labute approximate surface area is 162 Å². The van der Waals surface area contributed by atoms with Crippen LogP contribution in [0.2, 0.25) is 0 Å². The van der Waals surface area contributed by atoms with Crippen LogP contribution >= 0.6 is 0 Å². The van der Waals surface area contributed by atoms with Crippen LogP contribution in [0.4, 0.5) is 13.2 Å². The van der Waals surface area contributed by atoms with Crippen LogP contribution in [-0.4, -0.2) is 30.2 Å². The third-order valence-electron chi connectivity index (χ3n) is 4.83. The Morgan fingerprint density at radius 1 is 1.14 bits per heavy atom. The molecule has 1 aliphatic rings. The van der Waals surface area contributed by atoms with Crippen LogP contribution in [0.3, 0.4) is 0 Å². The van der Waals surface area contributed by atoms with Gasteiger partial charge in [-0.25, -0.2) is 5.01 Å². The van der Waals surface area contributed by atoms with Crippen LogP contribution in [0.1, 0.15) is 39.3 Å². The summed E-state index contributed by atoms with van der Waals surface area (Å²) >= 11 is 0. The van der Waals surface area contributed by atoms with Gasteiger partial charge in [0, 0.05) is 11.9 Å². The predicted molar refractivity (Wildman–Crippen MR) is 102 cm³/mol. The molecule has 0 bridgehead atoms. The van der Waals surface area contributed by atoms with E-state index in [1.165, 1.54) is 6.07 Å². The lowest BCUT2D eigenvalue weighted by Crippen LogP contribution is -2.43. The molecule has 1 amide bonds. The molecule has 2 aromatic rings. The lowest BCUT2D eigenvalue weighted by atomic mass is 9.93. The number of carbonyl (C=O) groups is 1. The number of ether oxygens (including phenoxy) is 1. The fraction of sp³-hybridized carbons (Fsp3) is 0.476. The van der Waals surface area contributed by atoms with Crippen LogP contribution < -0.4 is 10.2 Å². The summed E-state index contributed by atoms with van der Waals surface area (Å²) in [6.45, 7) is 7.73. The minimum atomic E-state index is -4.56. The molecule has 152 valence electrons. The van der Waals surface area contributed by atoms with Crippen molar-refractivity contribution in [1.29, 1.82) is 0 Å². The fourth-order valence-corrected chi connectivity index (χ4v) is 3.42. The summed E-state index contributed by atoms with van der Waals surface area (Å²) in [5.74, 6) is 0.436. The molecule has 0 radical (unpaired) electrons. The Balaban J connectivity index is 2.09. The van der Waals surface area contributed by atoms with Gasteiger partial charge in [0.15, 0.2) is 6.04 Å². The van der Waals surface area contributed by atoms with Crippen LogP contribution in [0.25, 0.3) is 10.8 Å². The number of hydrazine groups is 1. The van der Waals surface area contributed by atoms with Gasteiger partial charge in [0.25, 0.3) is 0 Å². The van der Waals surface area contributed by atoms with Gasteiger partial charge in [0.05, 0.1) is 12.0 Å². The molecular formula is C21H25F3N2O2. The van der Waals surface area contributed by atoms with Crippen LogP contribution in [0.15, 0.2) is 36.4 Å². The zero-order valence-corrected chi connectivity index (χ0v) is 16.4. The Kier molecular flexibility index (Phi) is 5.32. The summed E-state index contributed by atoms with van der Waals surface area (Å²) in [6.07, 6.45) is -4.56. The van der Waals surface area contributed by atoms with E-state index in [1.807, 2.05) is 13.8 Å². The minimum absolute atomic E-state index is 0.0318. The van der Waals surface area contributed by atoms with Crippen molar-refractivity contribution in [2.24, 2.45) is 11.3 Å². The maximum atomic E-state index is 14.1. The van der Waals surface area contributed by atoms with Crippen LogP contribution in [-0.2, 0) is 4.79 Å². The molecule has 0 spiro atoms. The lowest BCUT2D eigenvalue weighted by molar-refractivity contribution is -0.191. The molecule has 4 nitrogen and oxygen atoms in total. The first-order chi connectivity index (χ1) is 13.0. The summed E-state index contributed by atoms with van der Waals surface area (Å²) in [4.78, 5) is 12.1. The molecule has 1 N–H and O–H groups in total. The van der Waals surface area contributed by atoms with Crippen molar-refractivity contribution in [3.8, 4) is 5.75 Å². The van der Waals surface area contributed by atoms with Crippen molar-refractivity contribution in [1.82, 2.24) is 10.4 Å². The maximum absolute atomic E-state index is 14.1. The monoisotopic (exact) mass is 394 g/mol. The number of benzene rings is 2. The van der Waals surface area contributed by atoms with Gasteiger partial charge in [-0.15, -0.1) is 0 Å². The smallest absolute Gasteiger partial charge is 0.409 e. The van der Waals surface area contributed by atoms with Crippen LogP contribution in [0, 0.1) is 11.3 Å². The van der Waals surface area contributed by atoms with E-state index in [0.717, 1.165) is 5.01 Å². The fourth-order valence-electron chi connectivity index (χ4n) is 3.42. The molecule has 1 saturated heterocycles. The molecule has 3 rings (SSSR count). The first kappa shape index (κ1) is 20.5. The van der Waals surface area contributed by atoms with Gasteiger partial charge in [0.1, 0.15) is 5.75 Å². The molecule has 1 atom stereocenters. The number of nitrogens with zero attached hydrogens (tertiary/aromatic N) is 1. The van der Waals surface area contributed by atoms with E-state index in [-0.39, 0.29) is 12.1 Å². The Bertz CT molecular complexity index is 878. The number of carbonyl (C=O) groups excluding carboxylic acids is 1. The van der Waals surface area contributed by atoms with E-state index in [4.69, 9.17) is 4.74 Å². The third-order valence-corrected chi connectivity index (χ3v) is 4.83. The van der Waals surface area contributed by atoms with Gasteiger partial charge < -0.3 is 4.74 Å². The molecule has 2 aromatic carbocycles. The summed E-state index contributed by atoms with van der Waals surface area (Å²) in [6, 6.07) is 8.00. The summed E-state index contributed by atoms with van der Waals surface area (Å²) in [5.41, 5.74) is 1.62. The molecule has 1 fully saturated rings. The number of hydrogen-bond donors (Lipinski definition) is 1. The van der Waals surface area contributed by atoms with Crippen molar-refractivity contribution < 1.29 is 22.7 Å². The average Bonchev–Trinajstić information content (AvgIpc) is 2.84. The van der Waals surface area contributed by atoms with Gasteiger partial charge >= 0.3 is 6.18 Å². The number of hydrogen-bond acceptors (Lipinski definition) is 3. The average molecular weight is 394 g/mol. The number of halogens is 3. The molecule has 0 aromatic heterocycles. The molecule has 1 heterocycles. The second kappa shape index (κ2) is 7.28. The van der Waals surface area contributed by atoms with Gasteiger partial charge in [-0.2, -0.15) is 13.2 Å². The molecule has 1 aliphatic heterocycles. The first-order valence-corrected chi connectivity index (χ1v) is 9.29. The quantitative estimate of drug-likeness (QED) is 0.788. The van der Waals surface area contributed by atoms with Gasteiger partial charge in [-0.1, -0.05) is 44.2 Å².